The zero-order valence-electron chi connectivity index (χ0n) is 11.3. The number of rotatable bonds is 4. The summed E-state index contributed by atoms with van der Waals surface area (Å²) in [7, 11) is 1.70. The number of nitrogens with one attached hydrogen (secondary N) is 1. The van der Waals surface area contributed by atoms with Crippen LogP contribution in [0.15, 0.2) is 30.0 Å². The summed E-state index contributed by atoms with van der Waals surface area (Å²) in [6.07, 6.45) is 1.22. The van der Waals surface area contributed by atoms with E-state index in [4.69, 9.17) is 5.11 Å². The van der Waals surface area contributed by atoms with E-state index in [0.29, 0.717) is 16.7 Å². The average molecular weight is 287 g/mol. The maximum absolute atomic E-state index is 12.1. The van der Waals surface area contributed by atoms with Crippen LogP contribution in [-0.2, 0) is 16.6 Å². The Bertz CT molecular complexity index is 764. The molecule has 2 heterocycles. The summed E-state index contributed by atoms with van der Waals surface area (Å²) in [4.78, 5) is 26.2. The molecule has 0 saturated carbocycles. The maximum Gasteiger partial charge on any atom is 0.277 e. The molecule has 1 aromatic carbocycles. The van der Waals surface area contributed by atoms with E-state index in [1.54, 1.807) is 19.2 Å². The highest BCUT2D eigenvalue weighted by Crippen LogP contribution is 2.23. The smallest absolute Gasteiger partial charge is 0.277 e. The molecule has 108 valence electrons. The van der Waals surface area contributed by atoms with Gasteiger partial charge in [0.1, 0.15) is 16.7 Å². The minimum Gasteiger partial charge on any atom is -0.395 e. The van der Waals surface area contributed by atoms with Gasteiger partial charge >= 0.3 is 0 Å². The summed E-state index contributed by atoms with van der Waals surface area (Å²) in [5, 5.41) is 20.2. The molecule has 0 fully saturated rings. The van der Waals surface area contributed by atoms with Gasteiger partial charge in [-0.3, -0.25) is 14.5 Å². The van der Waals surface area contributed by atoms with Crippen molar-refractivity contribution >= 4 is 28.5 Å². The Morgan fingerprint density at radius 1 is 1.29 bits per heavy atom. The molecule has 0 radical (unpaired) electrons. The number of hydrogen-bond acceptors (Lipinski definition) is 6. The second-order valence-electron chi connectivity index (χ2n) is 4.56. The van der Waals surface area contributed by atoms with Gasteiger partial charge in [-0.25, -0.2) is 0 Å². The number of aliphatic hydroxyl groups is 1. The fourth-order valence-corrected chi connectivity index (χ4v) is 2.20. The van der Waals surface area contributed by atoms with E-state index in [9.17, 15) is 9.59 Å². The van der Waals surface area contributed by atoms with Gasteiger partial charge < -0.3 is 10.4 Å². The first-order valence-electron chi connectivity index (χ1n) is 6.35. The van der Waals surface area contributed by atoms with Crippen LogP contribution in [0, 0.1) is 0 Å². The summed E-state index contributed by atoms with van der Waals surface area (Å²) in [5.41, 5.74) is 2.05. The Kier molecular flexibility index (Phi) is 3.15. The molecule has 2 N–H and O–H groups in total. The number of amides is 2. The predicted octanol–water partition coefficient (Wildman–Crippen LogP) is -0.375. The molecule has 8 nitrogen and oxygen atoms in total. The number of fused-ring (bicyclic) bond motifs is 1. The Labute approximate surface area is 119 Å². The number of carbonyl (C=O) groups excluding carboxylic acids is 2. The van der Waals surface area contributed by atoms with Crippen molar-refractivity contribution in [2.45, 2.75) is 0 Å². The van der Waals surface area contributed by atoms with E-state index in [1.807, 2.05) is 6.07 Å². The normalized spacial score (nSPS) is 15.0. The highest BCUT2D eigenvalue weighted by molar-refractivity contribution is 6.17. The Balaban J connectivity index is 1.91. The number of aromatic nitrogens is 3. The van der Waals surface area contributed by atoms with Gasteiger partial charge in [0.25, 0.3) is 11.8 Å². The molecule has 8 heteroatoms. The Morgan fingerprint density at radius 3 is 2.86 bits per heavy atom. The molecular formula is C13H13N5O3. The van der Waals surface area contributed by atoms with Gasteiger partial charge in [-0.05, 0) is 12.1 Å². The van der Waals surface area contributed by atoms with Crippen LogP contribution in [0.5, 0.6) is 0 Å². The molecule has 1 aromatic heterocycles. The maximum atomic E-state index is 12.1. The molecule has 0 aliphatic carbocycles. The molecule has 2 aromatic rings. The molecule has 1 aliphatic rings. The summed E-state index contributed by atoms with van der Waals surface area (Å²) in [6, 6.07) is 5.35. The van der Waals surface area contributed by atoms with E-state index < -0.39 is 11.8 Å². The van der Waals surface area contributed by atoms with Gasteiger partial charge in [-0.15, -0.1) is 0 Å². The van der Waals surface area contributed by atoms with Crippen LogP contribution in [-0.4, -0.2) is 50.0 Å². The highest BCUT2D eigenvalue weighted by Gasteiger charge is 2.30. The fourth-order valence-electron chi connectivity index (χ4n) is 2.20. The molecule has 0 atom stereocenters. The number of nitrogens with zero attached hydrogens (tertiary/aromatic N) is 4. The standard InChI is InChI=1S/C13H13N5O3/c1-17-15-9-4-2-3-8(12(9)16-17)14-10-7-11(20)18(5-6-19)13(10)21/h2-4,7,14,19H,5-6H2,1H3. The molecular weight excluding hydrogens is 274 g/mol. The predicted molar refractivity (Wildman–Crippen MR) is 74.0 cm³/mol. The lowest BCUT2D eigenvalue weighted by Gasteiger charge is -2.13. The lowest BCUT2D eigenvalue weighted by atomic mass is 10.2. The second-order valence-corrected chi connectivity index (χ2v) is 4.56. The van der Waals surface area contributed by atoms with E-state index in [2.05, 4.69) is 15.5 Å². The lowest BCUT2D eigenvalue weighted by molar-refractivity contribution is -0.137. The van der Waals surface area contributed by atoms with Crippen molar-refractivity contribution in [2.75, 3.05) is 18.5 Å². The third-order valence-electron chi connectivity index (χ3n) is 3.11. The van der Waals surface area contributed by atoms with Crippen molar-refractivity contribution < 1.29 is 14.7 Å². The van der Waals surface area contributed by atoms with Crippen LogP contribution < -0.4 is 5.32 Å². The zero-order valence-corrected chi connectivity index (χ0v) is 11.3. The molecule has 0 saturated heterocycles. The third kappa shape index (κ3) is 2.25. The van der Waals surface area contributed by atoms with Crippen LogP contribution in [0.4, 0.5) is 5.69 Å². The first-order chi connectivity index (χ1) is 10.1. The van der Waals surface area contributed by atoms with Crippen molar-refractivity contribution in [3.63, 3.8) is 0 Å². The topological polar surface area (TPSA) is 100 Å². The minimum atomic E-state index is -0.463. The van der Waals surface area contributed by atoms with Crippen molar-refractivity contribution in [3.05, 3.63) is 30.0 Å². The van der Waals surface area contributed by atoms with Crippen LogP contribution in [0.25, 0.3) is 11.0 Å². The Morgan fingerprint density at radius 2 is 2.10 bits per heavy atom. The molecule has 0 bridgehead atoms. The average Bonchev–Trinajstić information content (AvgIpc) is 2.94. The van der Waals surface area contributed by atoms with Crippen LogP contribution in [0.1, 0.15) is 0 Å². The van der Waals surface area contributed by atoms with Gasteiger partial charge in [0.15, 0.2) is 0 Å². The number of aliphatic hydroxyl groups excluding tert-OH is 1. The van der Waals surface area contributed by atoms with E-state index in [1.165, 1.54) is 10.9 Å². The first-order valence-corrected chi connectivity index (χ1v) is 6.35. The molecule has 21 heavy (non-hydrogen) atoms. The lowest BCUT2D eigenvalue weighted by Crippen LogP contribution is -2.34. The van der Waals surface area contributed by atoms with Crippen LogP contribution in [0.3, 0.4) is 0 Å². The quantitative estimate of drug-likeness (QED) is 0.744. The minimum absolute atomic E-state index is 0.0192. The van der Waals surface area contributed by atoms with Gasteiger partial charge in [0.05, 0.1) is 18.8 Å². The summed E-state index contributed by atoms with van der Waals surface area (Å²) in [5.74, 6) is -0.905. The molecule has 0 spiro atoms. The summed E-state index contributed by atoms with van der Waals surface area (Å²) >= 11 is 0. The van der Waals surface area contributed by atoms with Gasteiger partial charge in [-0.2, -0.15) is 15.0 Å². The van der Waals surface area contributed by atoms with Gasteiger partial charge in [-0.1, -0.05) is 6.07 Å². The first kappa shape index (κ1) is 13.3. The van der Waals surface area contributed by atoms with Crippen molar-refractivity contribution in [1.82, 2.24) is 19.9 Å². The number of hydrogen-bond donors (Lipinski definition) is 2. The molecule has 2 amide bonds. The largest absolute Gasteiger partial charge is 0.395 e. The number of β-amino-alcohol motifs (C(OH)–C–C–N with tert-alkyl or cyclic N) is 1. The monoisotopic (exact) mass is 287 g/mol. The number of imide groups is 1. The summed E-state index contributed by atoms with van der Waals surface area (Å²) in [6.45, 7) is -0.285. The number of benzene rings is 1. The van der Waals surface area contributed by atoms with Crippen molar-refractivity contribution in [2.24, 2.45) is 7.05 Å². The van der Waals surface area contributed by atoms with Crippen molar-refractivity contribution in [3.8, 4) is 0 Å². The molecule has 1 aliphatic heterocycles. The second kappa shape index (κ2) is 4.98. The Hall–Kier alpha value is -2.74. The SMILES string of the molecule is Cn1nc2cccc(NC3=CC(=O)N(CCO)C3=O)c2n1. The van der Waals surface area contributed by atoms with Gasteiger partial charge in [0, 0.05) is 13.1 Å². The fraction of sp³-hybridized carbons (Fsp3) is 0.231. The summed E-state index contributed by atoms with van der Waals surface area (Å²) < 4.78 is 0. The van der Waals surface area contributed by atoms with Crippen LogP contribution in [0.2, 0.25) is 0 Å². The zero-order chi connectivity index (χ0) is 15.0. The highest BCUT2D eigenvalue weighted by atomic mass is 16.3. The third-order valence-corrected chi connectivity index (χ3v) is 3.11. The molecule has 0 unspecified atom stereocenters. The van der Waals surface area contributed by atoms with Gasteiger partial charge in [0.2, 0.25) is 0 Å². The number of aryl methyl sites for hydroxylation is 1. The van der Waals surface area contributed by atoms with Crippen molar-refractivity contribution in [1.29, 1.82) is 0 Å². The number of anilines is 1. The van der Waals surface area contributed by atoms with Crippen LogP contribution >= 0.6 is 0 Å². The van der Waals surface area contributed by atoms with E-state index in [0.717, 1.165) is 4.90 Å². The number of carbonyl (C=O) groups is 2. The molecule has 3 rings (SSSR count). The van der Waals surface area contributed by atoms with E-state index in [-0.39, 0.29) is 18.8 Å². The van der Waals surface area contributed by atoms with E-state index >= 15 is 0 Å².